The van der Waals surface area contributed by atoms with Gasteiger partial charge in [-0.15, -0.1) is 0 Å². The van der Waals surface area contributed by atoms with Crippen molar-refractivity contribution in [2.24, 2.45) is 0 Å². The summed E-state index contributed by atoms with van der Waals surface area (Å²) in [5.74, 6) is 0.957. The first-order valence-electron chi connectivity index (χ1n) is 13.3. The highest BCUT2D eigenvalue weighted by atomic mass is 16.5. The number of hydrogen-bond acceptors (Lipinski definition) is 2. The summed E-state index contributed by atoms with van der Waals surface area (Å²) in [6.45, 7) is 7.94. The molecule has 0 aliphatic heterocycles. The summed E-state index contributed by atoms with van der Waals surface area (Å²) in [5.41, 5.74) is 6.12. The first-order valence-corrected chi connectivity index (χ1v) is 13.3. The van der Waals surface area contributed by atoms with Gasteiger partial charge in [-0.25, -0.2) is 0 Å². The summed E-state index contributed by atoms with van der Waals surface area (Å²) in [4.78, 5) is 0. The lowest BCUT2D eigenvalue weighted by molar-refractivity contribution is 0.0764. The molecule has 0 aliphatic carbocycles. The maximum absolute atomic E-state index is 6.00. The van der Waals surface area contributed by atoms with E-state index in [4.69, 9.17) is 9.47 Å². The van der Waals surface area contributed by atoms with Gasteiger partial charge in [0.05, 0.1) is 12.7 Å². The molecule has 2 heteroatoms. The van der Waals surface area contributed by atoms with Crippen LogP contribution in [0.15, 0.2) is 72.8 Å². The second-order valence-corrected chi connectivity index (χ2v) is 9.11. The second-order valence-electron chi connectivity index (χ2n) is 9.11. The maximum Gasteiger partial charge on any atom is 0.119 e. The predicted molar refractivity (Wildman–Crippen MR) is 145 cm³/mol. The fourth-order valence-corrected chi connectivity index (χ4v) is 4.42. The van der Waals surface area contributed by atoms with Gasteiger partial charge in [0.1, 0.15) is 5.75 Å². The monoisotopic (exact) mass is 458 g/mol. The van der Waals surface area contributed by atoms with Crippen LogP contribution in [0.25, 0.3) is 22.3 Å². The highest BCUT2D eigenvalue weighted by Gasteiger charge is 2.09. The van der Waals surface area contributed by atoms with Crippen molar-refractivity contribution in [3.8, 4) is 28.0 Å². The molecule has 0 radical (unpaired) electrons. The van der Waals surface area contributed by atoms with Gasteiger partial charge >= 0.3 is 0 Å². The van der Waals surface area contributed by atoms with Crippen molar-refractivity contribution >= 4 is 0 Å². The Hall–Kier alpha value is -2.58. The zero-order chi connectivity index (χ0) is 24.0. The van der Waals surface area contributed by atoms with Crippen LogP contribution in [0.1, 0.15) is 83.8 Å². The summed E-state index contributed by atoms with van der Waals surface area (Å²) in [7, 11) is 0. The molecule has 3 aromatic carbocycles. The SMILES string of the molecule is CCCCCCCCCCOc1ccc(-c2ccccc2-c2ccc(C(C)OCC)cc2)cc1. The highest BCUT2D eigenvalue weighted by molar-refractivity contribution is 5.83. The van der Waals surface area contributed by atoms with Gasteiger partial charge < -0.3 is 9.47 Å². The average Bonchev–Trinajstić information content (AvgIpc) is 2.88. The van der Waals surface area contributed by atoms with E-state index >= 15 is 0 Å². The third-order valence-corrected chi connectivity index (χ3v) is 6.47. The highest BCUT2D eigenvalue weighted by Crippen LogP contribution is 2.33. The largest absolute Gasteiger partial charge is 0.494 e. The molecule has 0 fully saturated rings. The van der Waals surface area contributed by atoms with Gasteiger partial charge in [-0.3, -0.25) is 0 Å². The van der Waals surface area contributed by atoms with Crippen LogP contribution < -0.4 is 4.74 Å². The van der Waals surface area contributed by atoms with E-state index in [0.717, 1.165) is 25.4 Å². The normalized spacial score (nSPS) is 12.0. The Labute approximate surface area is 207 Å². The molecule has 3 rings (SSSR count). The first-order chi connectivity index (χ1) is 16.7. The molecule has 0 saturated heterocycles. The molecule has 0 aromatic heterocycles. The number of ether oxygens (including phenoxy) is 2. The Kier molecular flexibility index (Phi) is 11.2. The third-order valence-electron chi connectivity index (χ3n) is 6.47. The molecule has 2 nitrogen and oxygen atoms in total. The molecule has 182 valence electrons. The fourth-order valence-electron chi connectivity index (χ4n) is 4.42. The number of hydrogen-bond donors (Lipinski definition) is 0. The van der Waals surface area contributed by atoms with Crippen molar-refractivity contribution in [3.63, 3.8) is 0 Å². The summed E-state index contributed by atoms with van der Waals surface area (Å²) < 4.78 is 11.7. The van der Waals surface area contributed by atoms with Crippen LogP contribution in [0.3, 0.4) is 0 Å². The second kappa shape index (κ2) is 14.6. The van der Waals surface area contributed by atoms with Crippen LogP contribution in [0.2, 0.25) is 0 Å². The molecule has 0 N–H and O–H groups in total. The Balaban J connectivity index is 1.55. The lowest BCUT2D eigenvalue weighted by Crippen LogP contribution is -1.99. The molecular weight excluding hydrogens is 416 g/mol. The number of rotatable bonds is 15. The number of benzene rings is 3. The van der Waals surface area contributed by atoms with Crippen molar-refractivity contribution < 1.29 is 9.47 Å². The standard InChI is InChI=1S/C32H42O2/c1-4-6-7-8-9-10-11-14-25-34-30-23-21-29(22-24-30)32-16-13-12-15-31(32)28-19-17-27(18-20-28)26(3)33-5-2/h12-13,15-24,26H,4-11,14,25H2,1-3H3. The van der Waals surface area contributed by atoms with Crippen LogP contribution in [-0.4, -0.2) is 13.2 Å². The van der Waals surface area contributed by atoms with Crippen molar-refractivity contribution in [2.75, 3.05) is 13.2 Å². The van der Waals surface area contributed by atoms with Crippen molar-refractivity contribution in [3.05, 3.63) is 78.4 Å². The molecule has 0 spiro atoms. The smallest absolute Gasteiger partial charge is 0.119 e. The molecule has 1 atom stereocenters. The molecule has 0 heterocycles. The van der Waals surface area contributed by atoms with E-state index in [2.05, 4.69) is 86.6 Å². The first kappa shape index (κ1) is 26.0. The minimum absolute atomic E-state index is 0.118. The zero-order valence-electron chi connectivity index (χ0n) is 21.4. The van der Waals surface area contributed by atoms with Crippen LogP contribution in [0.4, 0.5) is 0 Å². The summed E-state index contributed by atoms with van der Waals surface area (Å²) in [6.07, 6.45) is 10.7. The minimum Gasteiger partial charge on any atom is -0.494 e. The van der Waals surface area contributed by atoms with Gasteiger partial charge in [0.15, 0.2) is 0 Å². The van der Waals surface area contributed by atoms with E-state index in [9.17, 15) is 0 Å². The van der Waals surface area contributed by atoms with E-state index in [1.165, 1.54) is 72.8 Å². The van der Waals surface area contributed by atoms with Crippen LogP contribution in [-0.2, 0) is 4.74 Å². The number of unbranched alkanes of at least 4 members (excludes halogenated alkanes) is 7. The molecule has 0 saturated carbocycles. The summed E-state index contributed by atoms with van der Waals surface area (Å²) in [6, 6.07) is 25.9. The van der Waals surface area contributed by atoms with Crippen LogP contribution in [0, 0.1) is 0 Å². The van der Waals surface area contributed by atoms with Gasteiger partial charge in [0.2, 0.25) is 0 Å². The molecule has 34 heavy (non-hydrogen) atoms. The lowest BCUT2D eigenvalue weighted by Gasteiger charge is -2.14. The third kappa shape index (κ3) is 8.02. The van der Waals surface area contributed by atoms with Crippen molar-refractivity contribution in [1.29, 1.82) is 0 Å². The maximum atomic E-state index is 6.00. The zero-order valence-corrected chi connectivity index (χ0v) is 21.4. The predicted octanol–water partition coefficient (Wildman–Crippen LogP) is 9.64. The summed E-state index contributed by atoms with van der Waals surface area (Å²) >= 11 is 0. The van der Waals surface area contributed by atoms with Crippen molar-refractivity contribution in [1.82, 2.24) is 0 Å². The average molecular weight is 459 g/mol. The Morgan fingerprint density at radius 2 is 1.15 bits per heavy atom. The Morgan fingerprint density at radius 1 is 0.618 bits per heavy atom. The van der Waals surface area contributed by atoms with Gasteiger partial charge in [0, 0.05) is 6.61 Å². The van der Waals surface area contributed by atoms with Gasteiger partial charge in [0.25, 0.3) is 0 Å². The van der Waals surface area contributed by atoms with Crippen LogP contribution in [0.5, 0.6) is 5.75 Å². The topological polar surface area (TPSA) is 18.5 Å². The Morgan fingerprint density at radius 3 is 1.71 bits per heavy atom. The lowest BCUT2D eigenvalue weighted by atomic mass is 9.94. The fraction of sp³-hybridized carbons (Fsp3) is 0.438. The molecule has 1 unspecified atom stereocenters. The van der Waals surface area contributed by atoms with Gasteiger partial charge in [-0.05, 0) is 60.2 Å². The summed E-state index contributed by atoms with van der Waals surface area (Å²) in [5, 5.41) is 0. The van der Waals surface area contributed by atoms with Gasteiger partial charge in [-0.1, -0.05) is 113 Å². The molecule has 0 aliphatic rings. The molecular formula is C32H42O2. The van der Waals surface area contributed by atoms with Crippen molar-refractivity contribution in [2.45, 2.75) is 78.2 Å². The van der Waals surface area contributed by atoms with E-state index < -0.39 is 0 Å². The van der Waals surface area contributed by atoms with E-state index in [0.29, 0.717) is 0 Å². The van der Waals surface area contributed by atoms with E-state index in [1.807, 2.05) is 6.92 Å². The quantitative estimate of drug-likeness (QED) is 0.211. The van der Waals surface area contributed by atoms with E-state index in [1.54, 1.807) is 0 Å². The minimum atomic E-state index is 0.118. The van der Waals surface area contributed by atoms with Crippen LogP contribution >= 0.6 is 0 Å². The van der Waals surface area contributed by atoms with Gasteiger partial charge in [-0.2, -0.15) is 0 Å². The van der Waals surface area contributed by atoms with E-state index in [-0.39, 0.29) is 6.10 Å². The molecule has 0 bridgehead atoms. The Bertz CT molecular complexity index is 944. The molecule has 3 aromatic rings. The molecule has 0 amide bonds.